The summed E-state index contributed by atoms with van der Waals surface area (Å²) in [6.45, 7) is 8.69. The van der Waals surface area contributed by atoms with Crippen LogP contribution in [0.5, 0.6) is 0 Å². The molecule has 0 amide bonds. The zero-order chi connectivity index (χ0) is 25.8. The van der Waals surface area contributed by atoms with E-state index in [0.29, 0.717) is 0 Å². The van der Waals surface area contributed by atoms with E-state index < -0.39 is 0 Å². The van der Waals surface area contributed by atoms with Gasteiger partial charge in [0.05, 0.1) is 5.70 Å². The smallest absolute Gasteiger partial charge is 0.0503 e. The SMILES string of the molecule is CC.CC1(C)c2ccccc2-c2ccc(N(C3=CCC=CC=C3c3ccccc3)c3ccccc3)cc21. The Kier molecular flexibility index (Phi) is 6.97. The van der Waals surface area contributed by atoms with Crippen LogP contribution in [0.25, 0.3) is 16.7 Å². The van der Waals surface area contributed by atoms with E-state index >= 15 is 0 Å². The molecule has 0 spiro atoms. The van der Waals surface area contributed by atoms with E-state index in [2.05, 4.69) is 146 Å². The van der Waals surface area contributed by atoms with Crippen LogP contribution in [0.3, 0.4) is 0 Å². The lowest BCUT2D eigenvalue weighted by molar-refractivity contribution is 0.660. The molecular weight excluding hydrogens is 446 g/mol. The molecule has 1 nitrogen and oxygen atoms in total. The first kappa shape index (κ1) is 24.6. The van der Waals surface area contributed by atoms with Gasteiger partial charge in [0.25, 0.3) is 0 Å². The van der Waals surface area contributed by atoms with Crippen molar-refractivity contribution in [3.8, 4) is 11.1 Å². The molecule has 0 saturated heterocycles. The molecular formula is C36H35N. The lowest BCUT2D eigenvalue weighted by Crippen LogP contribution is -2.20. The summed E-state index contributed by atoms with van der Waals surface area (Å²) in [6, 6.07) is 37.3. The summed E-state index contributed by atoms with van der Waals surface area (Å²) in [6.07, 6.45) is 9.89. The van der Waals surface area contributed by atoms with Crippen LogP contribution in [0, 0.1) is 0 Å². The Balaban J connectivity index is 0.00000137. The zero-order valence-electron chi connectivity index (χ0n) is 22.3. The third-order valence-corrected chi connectivity index (χ3v) is 7.29. The van der Waals surface area contributed by atoms with Crippen LogP contribution in [0.1, 0.15) is 50.8 Å². The second-order valence-electron chi connectivity index (χ2n) is 9.77. The highest BCUT2D eigenvalue weighted by molar-refractivity contribution is 5.90. The number of anilines is 2. The minimum absolute atomic E-state index is 0.0399. The maximum absolute atomic E-state index is 2.42. The summed E-state index contributed by atoms with van der Waals surface area (Å²) in [5, 5.41) is 0. The van der Waals surface area contributed by atoms with Gasteiger partial charge in [0, 0.05) is 22.4 Å². The van der Waals surface area contributed by atoms with E-state index in [4.69, 9.17) is 0 Å². The second kappa shape index (κ2) is 10.5. The lowest BCUT2D eigenvalue weighted by atomic mass is 9.82. The Hall–Kier alpha value is -4.10. The van der Waals surface area contributed by atoms with Crippen LogP contribution < -0.4 is 4.90 Å². The van der Waals surface area contributed by atoms with Crippen molar-refractivity contribution in [3.63, 3.8) is 0 Å². The third kappa shape index (κ3) is 4.47. The van der Waals surface area contributed by atoms with Crippen LogP contribution in [0.15, 0.2) is 133 Å². The number of rotatable bonds is 4. The van der Waals surface area contributed by atoms with E-state index in [1.807, 2.05) is 13.8 Å². The number of hydrogen-bond acceptors (Lipinski definition) is 1. The quantitative estimate of drug-likeness (QED) is 0.280. The number of allylic oxidation sites excluding steroid dienone is 5. The molecule has 0 atom stereocenters. The molecule has 0 radical (unpaired) electrons. The van der Waals surface area contributed by atoms with Gasteiger partial charge < -0.3 is 4.90 Å². The van der Waals surface area contributed by atoms with Crippen LogP contribution in [-0.4, -0.2) is 0 Å². The largest absolute Gasteiger partial charge is 0.310 e. The topological polar surface area (TPSA) is 3.24 Å². The molecule has 0 aliphatic heterocycles. The van der Waals surface area contributed by atoms with E-state index in [1.54, 1.807) is 0 Å². The molecule has 2 aliphatic rings. The molecule has 4 aromatic carbocycles. The fourth-order valence-corrected chi connectivity index (χ4v) is 5.53. The Labute approximate surface area is 222 Å². The van der Waals surface area contributed by atoms with Gasteiger partial charge >= 0.3 is 0 Å². The minimum Gasteiger partial charge on any atom is -0.310 e. The number of para-hydroxylation sites is 1. The van der Waals surface area contributed by atoms with Crippen molar-refractivity contribution in [1.29, 1.82) is 0 Å². The van der Waals surface area contributed by atoms with Crippen molar-refractivity contribution < 1.29 is 0 Å². The number of fused-ring (bicyclic) bond motifs is 3. The first-order valence-corrected chi connectivity index (χ1v) is 13.4. The van der Waals surface area contributed by atoms with Gasteiger partial charge in [0.1, 0.15) is 0 Å². The van der Waals surface area contributed by atoms with Crippen LogP contribution >= 0.6 is 0 Å². The third-order valence-electron chi connectivity index (χ3n) is 7.29. The van der Waals surface area contributed by atoms with E-state index in [9.17, 15) is 0 Å². The Morgan fingerprint density at radius 3 is 2.05 bits per heavy atom. The fraction of sp³-hybridized carbons (Fsp3) is 0.167. The maximum atomic E-state index is 2.42. The predicted molar refractivity (Wildman–Crippen MR) is 160 cm³/mol. The average Bonchev–Trinajstić information content (AvgIpc) is 3.09. The molecule has 0 fully saturated rings. The number of benzene rings is 4. The van der Waals surface area contributed by atoms with Gasteiger partial charge in [-0.05, 0) is 58.5 Å². The van der Waals surface area contributed by atoms with Gasteiger partial charge in [-0.1, -0.05) is 131 Å². The highest BCUT2D eigenvalue weighted by Crippen LogP contribution is 2.50. The second-order valence-corrected chi connectivity index (χ2v) is 9.77. The van der Waals surface area contributed by atoms with Crippen LogP contribution in [0.4, 0.5) is 11.4 Å². The highest BCUT2D eigenvalue weighted by Gasteiger charge is 2.35. The van der Waals surface area contributed by atoms with Gasteiger partial charge in [-0.3, -0.25) is 0 Å². The van der Waals surface area contributed by atoms with Crippen LogP contribution in [-0.2, 0) is 5.41 Å². The Bertz CT molecular complexity index is 1470. The number of nitrogens with zero attached hydrogens (tertiary/aromatic N) is 1. The van der Waals surface area contributed by atoms with Gasteiger partial charge in [0.2, 0.25) is 0 Å². The molecule has 1 heteroatoms. The molecule has 37 heavy (non-hydrogen) atoms. The van der Waals surface area contributed by atoms with E-state index in [1.165, 1.54) is 44.8 Å². The molecule has 0 bridgehead atoms. The van der Waals surface area contributed by atoms with Crippen molar-refractivity contribution in [2.45, 2.75) is 39.5 Å². The van der Waals surface area contributed by atoms with Crippen molar-refractivity contribution in [3.05, 3.63) is 150 Å². The van der Waals surface area contributed by atoms with Gasteiger partial charge in [-0.15, -0.1) is 0 Å². The first-order valence-electron chi connectivity index (χ1n) is 13.4. The minimum atomic E-state index is -0.0399. The van der Waals surface area contributed by atoms with Crippen molar-refractivity contribution >= 4 is 16.9 Å². The molecule has 0 heterocycles. The van der Waals surface area contributed by atoms with Crippen LogP contribution in [0.2, 0.25) is 0 Å². The predicted octanol–water partition coefficient (Wildman–Crippen LogP) is 10.1. The zero-order valence-corrected chi connectivity index (χ0v) is 22.3. The average molecular weight is 482 g/mol. The Morgan fingerprint density at radius 1 is 0.649 bits per heavy atom. The van der Waals surface area contributed by atoms with E-state index in [-0.39, 0.29) is 5.41 Å². The molecule has 6 rings (SSSR count). The standard InChI is InChI=1S/C34H29N.C2H6/c1-34(2)31-20-13-12-19-29(31)30-23-22-27(24-32(30)34)35(26-16-8-4-9-17-26)33-21-11-5-10-18-28(33)25-14-6-3-7-15-25;1-2/h3-10,12-24H,11H2,1-2H3;1-2H3. The lowest BCUT2D eigenvalue weighted by Gasteiger charge is -2.31. The summed E-state index contributed by atoms with van der Waals surface area (Å²) in [5.74, 6) is 0. The summed E-state index contributed by atoms with van der Waals surface area (Å²) in [4.78, 5) is 2.42. The molecule has 0 N–H and O–H groups in total. The van der Waals surface area contributed by atoms with Crippen molar-refractivity contribution in [2.75, 3.05) is 4.90 Å². The summed E-state index contributed by atoms with van der Waals surface area (Å²) >= 11 is 0. The van der Waals surface area contributed by atoms with Crippen molar-refractivity contribution in [1.82, 2.24) is 0 Å². The monoisotopic (exact) mass is 481 g/mol. The fourth-order valence-electron chi connectivity index (χ4n) is 5.53. The van der Waals surface area contributed by atoms with Gasteiger partial charge in [-0.25, -0.2) is 0 Å². The normalized spacial score (nSPS) is 14.8. The Morgan fingerprint density at radius 2 is 1.30 bits per heavy atom. The molecule has 0 unspecified atom stereocenters. The van der Waals surface area contributed by atoms with E-state index in [0.717, 1.165) is 12.1 Å². The molecule has 2 aliphatic carbocycles. The van der Waals surface area contributed by atoms with Crippen molar-refractivity contribution in [2.24, 2.45) is 0 Å². The first-order chi connectivity index (χ1) is 18.1. The molecule has 184 valence electrons. The van der Waals surface area contributed by atoms with Gasteiger partial charge in [-0.2, -0.15) is 0 Å². The summed E-state index contributed by atoms with van der Waals surface area (Å²) in [7, 11) is 0. The van der Waals surface area contributed by atoms with Gasteiger partial charge in [0.15, 0.2) is 0 Å². The molecule has 0 aromatic heterocycles. The highest BCUT2D eigenvalue weighted by atomic mass is 15.1. The summed E-state index contributed by atoms with van der Waals surface area (Å²) in [5.41, 5.74) is 11.5. The maximum Gasteiger partial charge on any atom is 0.0503 e. The molecule has 0 saturated carbocycles. The molecule has 4 aromatic rings. The summed E-state index contributed by atoms with van der Waals surface area (Å²) < 4.78 is 0. The number of hydrogen-bond donors (Lipinski definition) is 0.